The Bertz CT molecular complexity index is 851. The number of benzene rings is 2. The fourth-order valence-corrected chi connectivity index (χ4v) is 5.19. The lowest BCUT2D eigenvalue weighted by molar-refractivity contribution is -0.110. The Hall–Kier alpha value is -1.73. The van der Waals surface area contributed by atoms with Gasteiger partial charge < -0.3 is 0 Å². The molecule has 0 aromatic heterocycles. The second-order valence-electron chi connectivity index (χ2n) is 7.43. The SMILES string of the molecule is CC(C)c1ccc(C2C(S(=O)(=O)N(C)Cc3ccccc3)CON2C)cc1. The van der Waals surface area contributed by atoms with Crippen LogP contribution in [0, 0.1) is 0 Å². The first-order chi connectivity index (χ1) is 12.8. The number of hydroxylamine groups is 2. The van der Waals surface area contributed by atoms with Crippen LogP contribution in [0.15, 0.2) is 54.6 Å². The van der Waals surface area contributed by atoms with Gasteiger partial charge in [-0.05, 0) is 22.6 Å². The Labute approximate surface area is 162 Å². The zero-order valence-electron chi connectivity index (χ0n) is 16.4. The molecule has 0 radical (unpaired) electrons. The van der Waals surface area contributed by atoms with Gasteiger partial charge >= 0.3 is 0 Å². The molecule has 0 bridgehead atoms. The van der Waals surface area contributed by atoms with E-state index < -0.39 is 15.3 Å². The van der Waals surface area contributed by atoms with Crippen molar-refractivity contribution in [2.75, 3.05) is 20.7 Å². The van der Waals surface area contributed by atoms with Crippen LogP contribution in [0.25, 0.3) is 0 Å². The normalized spacial score (nSPS) is 21.3. The molecular formula is C21H28N2O3S. The van der Waals surface area contributed by atoms with E-state index in [2.05, 4.69) is 26.0 Å². The van der Waals surface area contributed by atoms with Gasteiger partial charge in [0.1, 0.15) is 5.25 Å². The molecule has 146 valence electrons. The third-order valence-corrected chi connectivity index (χ3v) is 7.35. The smallest absolute Gasteiger partial charge is 0.221 e. The van der Waals surface area contributed by atoms with Gasteiger partial charge in [0, 0.05) is 20.6 Å². The summed E-state index contributed by atoms with van der Waals surface area (Å²) in [5.41, 5.74) is 3.16. The summed E-state index contributed by atoms with van der Waals surface area (Å²) >= 11 is 0. The van der Waals surface area contributed by atoms with Crippen LogP contribution in [0.3, 0.4) is 0 Å². The Morgan fingerprint density at radius 3 is 2.33 bits per heavy atom. The summed E-state index contributed by atoms with van der Waals surface area (Å²) < 4.78 is 28.0. The topological polar surface area (TPSA) is 49.9 Å². The lowest BCUT2D eigenvalue weighted by Crippen LogP contribution is -2.40. The molecule has 2 aromatic rings. The third kappa shape index (κ3) is 4.24. The van der Waals surface area contributed by atoms with Gasteiger partial charge in [-0.1, -0.05) is 68.4 Å². The van der Waals surface area contributed by atoms with E-state index in [4.69, 9.17) is 4.84 Å². The molecule has 2 aromatic carbocycles. The predicted octanol–water partition coefficient (Wildman–Crippen LogP) is 3.56. The van der Waals surface area contributed by atoms with Gasteiger partial charge in [0.2, 0.25) is 10.0 Å². The van der Waals surface area contributed by atoms with Gasteiger partial charge in [0.25, 0.3) is 0 Å². The summed E-state index contributed by atoms with van der Waals surface area (Å²) in [6.45, 7) is 4.80. The molecule has 1 aliphatic rings. The summed E-state index contributed by atoms with van der Waals surface area (Å²) in [6, 6.07) is 17.5. The summed E-state index contributed by atoms with van der Waals surface area (Å²) in [5, 5.41) is 1.03. The van der Waals surface area contributed by atoms with Gasteiger partial charge in [-0.25, -0.2) is 12.7 Å². The largest absolute Gasteiger partial charge is 0.297 e. The lowest BCUT2D eigenvalue weighted by Gasteiger charge is -2.27. The highest BCUT2D eigenvalue weighted by Gasteiger charge is 2.44. The van der Waals surface area contributed by atoms with Crippen molar-refractivity contribution in [3.63, 3.8) is 0 Å². The zero-order chi connectivity index (χ0) is 19.6. The van der Waals surface area contributed by atoms with Crippen molar-refractivity contribution < 1.29 is 13.3 Å². The molecule has 2 atom stereocenters. The fraction of sp³-hybridized carbons (Fsp3) is 0.429. The van der Waals surface area contributed by atoms with E-state index in [-0.39, 0.29) is 12.6 Å². The van der Waals surface area contributed by atoms with Crippen LogP contribution < -0.4 is 0 Å². The maximum Gasteiger partial charge on any atom is 0.221 e. The van der Waals surface area contributed by atoms with Gasteiger partial charge in [-0.2, -0.15) is 5.06 Å². The molecule has 27 heavy (non-hydrogen) atoms. The molecule has 1 aliphatic heterocycles. The lowest BCUT2D eigenvalue weighted by atomic mass is 9.98. The predicted molar refractivity (Wildman–Crippen MR) is 108 cm³/mol. The second kappa shape index (κ2) is 8.10. The first-order valence-electron chi connectivity index (χ1n) is 9.25. The minimum absolute atomic E-state index is 0.161. The molecule has 1 fully saturated rings. The number of hydrogen-bond acceptors (Lipinski definition) is 4. The van der Waals surface area contributed by atoms with Crippen molar-refractivity contribution in [3.05, 3.63) is 71.3 Å². The van der Waals surface area contributed by atoms with Crippen LogP contribution in [0.2, 0.25) is 0 Å². The molecule has 1 saturated heterocycles. The molecule has 6 heteroatoms. The maximum absolute atomic E-state index is 13.3. The summed E-state index contributed by atoms with van der Waals surface area (Å²) in [6.07, 6.45) is 0. The highest BCUT2D eigenvalue weighted by atomic mass is 32.2. The third-order valence-electron chi connectivity index (χ3n) is 5.20. The molecule has 0 spiro atoms. The summed E-state index contributed by atoms with van der Waals surface area (Å²) in [7, 11) is -0.0891. The monoisotopic (exact) mass is 388 g/mol. The van der Waals surface area contributed by atoms with Gasteiger partial charge in [-0.15, -0.1) is 0 Å². The zero-order valence-corrected chi connectivity index (χ0v) is 17.2. The van der Waals surface area contributed by atoms with E-state index in [1.807, 2.05) is 42.5 Å². The Kier molecular flexibility index (Phi) is 6.01. The molecule has 0 N–H and O–H groups in total. The van der Waals surface area contributed by atoms with E-state index in [0.29, 0.717) is 12.5 Å². The summed E-state index contributed by atoms with van der Waals surface area (Å²) in [4.78, 5) is 5.62. The van der Waals surface area contributed by atoms with Crippen LogP contribution in [-0.2, 0) is 21.4 Å². The number of rotatable bonds is 6. The van der Waals surface area contributed by atoms with Gasteiger partial charge in [0.05, 0.1) is 12.6 Å². The average molecular weight is 389 g/mol. The van der Waals surface area contributed by atoms with Crippen molar-refractivity contribution in [2.24, 2.45) is 0 Å². The van der Waals surface area contributed by atoms with E-state index in [9.17, 15) is 8.42 Å². The molecule has 5 nitrogen and oxygen atoms in total. The fourth-order valence-electron chi connectivity index (χ4n) is 3.51. The Morgan fingerprint density at radius 2 is 1.74 bits per heavy atom. The van der Waals surface area contributed by atoms with Crippen LogP contribution in [0.1, 0.15) is 42.5 Å². The van der Waals surface area contributed by atoms with Crippen molar-refractivity contribution in [2.45, 2.75) is 37.6 Å². The van der Waals surface area contributed by atoms with Crippen molar-refractivity contribution >= 4 is 10.0 Å². The molecule has 3 rings (SSSR count). The van der Waals surface area contributed by atoms with Crippen molar-refractivity contribution in [3.8, 4) is 0 Å². The molecule has 2 unspecified atom stereocenters. The van der Waals surface area contributed by atoms with E-state index in [1.165, 1.54) is 9.87 Å². The van der Waals surface area contributed by atoms with Crippen LogP contribution in [0.4, 0.5) is 0 Å². The Balaban J connectivity index is 1.84. The number of hydrogen-bond donors (Lipinski definition) is 0. The molecule has 0 saturated carbocycles. The minimum atomic E-state index is -3.53. The van der Waals surface area contributed by atoms with Gasteiger partial charge in [0.15, 0.2) is 0 Å². The highest BCUT2D eigenvalue weighted by Crippen LogP contribution is 2.35. The summed E-state index contributed by atoms with van der Waals surface area (Å²) in [5.74, 6) is 0.438. The average Bonchev–Trinajstić information content (AvgIpc) is 3.05. The Morgan fingerprint density at radius 1 is 1.11 bits per heavy atom. The van der Waals surface area contributed by atoms with E-state index >= 15 is 0 Å². The molecule has 0 aliphatic carbocycles. The molecular weight excluding hydrogens is 360 g/mol. The standard InChI is InChI=1S/C21H28N2O3S/c1-16(2)18-10-12-19(13-11-18)21-20(15-26-23(21)4)27(24,25)22(3)14-17-8-6-5-7-9-17/h5-13,16,20-21H,14-15H2,1-4H3. The van der Waals surface area contributed by atoms with Gasteiger partial charge in [-0.3, -0.25) is 4.84 Å². The van der Waals surface area contributed by atoms with Crippen molar-refractivity contribution in [1.82, 2.24) is 9.37 Å². The van der Waals surface area contributed by atoms with Crippen LogP contribution >= 0.6 is 0 Å². The molecule has 1 heterocycles. The first kappa shape index (κ1) is 20.0. The van der Waals surface area contributed by atoms with E-state index in [0.717, 1.165) is 11.1 Å². The minimum Gasteiger partial charge on any atom is -0.297 e. The van der Waals surface area contributed by atoms with Crippen LogP contribution in [0.5, 0.6) is 0 Å². The van der Waals surface area contributed by atoms with E-state index in [1.54, 1.807) is 19.2 Å². The second-order valence-corrected chi connectivity index (χ2v) is 9.69. The first-order valence-corrected chi connectivity index (χ1v) is 10.8. The quantitative estimate of drug-likeness (QED) is 0.759. The number of sulfonamides is 1. The van der Waals surface area contributed by atoms with Crippen LogP contribution in [-0.4, -0.2) is 43.7 Å². The van der Waals surface area contributed by atoms with Crippen molar-refractivity contribution in [1.29, 1.82) is 0 Å². The highest BCUT2D eigenvalue weighted by molar-refractivity contribution is 7.89. The maximum atomic E-state index is 13.3. The number of nitrogens with zero attached hydrogens (tertiary/aromatic N) is 2. The molecule has 0 amide bonds.